The fraction of sp³-hybridized carbons (Fsp3) is 0.500. The molecule has 1 amide bonds. The summed E-state index contributed by atoms with van der Waals surface area (Å²) in [5, 5.41) is 15.7. The first-order valence-corrected chi connectivity index (χ1v) is 7.73. The number of aliphatic hydroxyl groups is 1. The third-order valence-electron chi connectivity index (χ3n) is 2.63. The number of amides is 1. The highest BCUT2D eigenvalue weighted by molar-refractivity contribution is 7.98. The zero-order chi connectivity index (χ0) is 15.0. The Hall–Kier alpha value is -1.24. The van der Waals surface area contributed by atoms with Crippen LogP contribution in [0.15, 0.2) is 24.3 Å². The van der Waals surface area contributed by atoms with Gasteiger partial charge < -0.3 is 20.5 Å². The molecule has 0 bridgehead atoms. The molecule has 0 aliphatic heterocycles. The van der Waals surface area contributed by atoms with Crippen molar-refractivity contribution in [2.24, 2.45) is 0 Å². The van der Waals surface area contributed by atoms with E-state index in [-0.39, 0.29) is 12.5 Å². The number of para-hydroxylation sites is 2. The monoisotopic (exact) mass is 298 g/mol. The summed E-state index contributed by atoms with van der Waals surface area (Å²) in [7, 11) is 1.56. The van der Waals surface area contributed by atoms with Gasteiger partial charge in [0.2, 0.25) is 5.91 Å². The lowest BCUT2D eigenvalue weighted by atomic mass is 10.1. The van der Waals surface area contributed by atoms with Gasteiger partial charge >= 0.3 is 0 Å². The number of methoxy groups -OCH3 is 1. The first-order valence-electron chi connectivity index (χ1n) is 6.33. The summed E-state index contributed by atoms with van der Waals surface area (Å²) < 4.78 is 5.16. The molecule has 0 aliphatic carbocycles. The minimum atomic E-state index is -0.815. The highest BCUT2D eigenvalue weighted by Crippen LogP contribution is 2.22. The lowest BCUT2D eigenvalue weighted by molar-refractivity contribution is -0.115. The summed E-state index contributed by atoms with van der Waals surface area (Å²) in [6.07, 6.45) is 1.93. The number of nitrogens with one attached hydrogen (secondary N) is 2. The van der Waals surface area contributed by atoms with E-state index < -0.39 is 5.60 Å². The minimum absolute atomic E-state index is 0.141. The van der Waals surface area contributed by atoms with Crippen molar-refractivity contribution in [2.45, 2.75) is 12.5 Å². The highest BCUT2D eigenvalue weighted by Gasteiger charge is 2.19. The third-order valence-corrected chi connectivity index (χ3v) is 3.54. The molecule has 1 rings (SSSR count). The van der Waals surface area contributed by atoms with Gasteiger partial charge in [-0.05, 0) is 25.3 Å². The number of ether oxygens (including phenoxy) is 1. The Morgan fingerprint density at radius 1 is 1.45 bits per heavy atom. The molecule has 112 valence electrons. The van der Waals surface area contributed by atoms with E-state index in [0.717, 1.165) is 0 Å². The molecule has 1 atom stereocenters. The van der Waals surface area contributed by atoms with Crippen molar-refractivity contribution in [1.82, 2.24) is 5.32 Å². The van der Waals surface area contributed by atoms with Crippen LogP contribution < -0.4 is 15.4 Å². The average molecular weight is 298 g/mol. The Kier molecular flexibility index (Phi) is 6.84. The maximum absolute atomic E-state index is 11.8. The van der Waals surface area contributed by atoms with Crippen molar-refractivity contribution in [2.75, 3.05) is 37.5 Å². The normalized spacial score (nSPS) is 13.6. The second kappa shape index (κ2) is 8.14. The van der Waals surface area contributed by atoms with Gasteiger partial charge in [-0.15, -0.1) is 0 Å². The molecule has 0 spiro atoms. The fourth-order valence-corrected chi connectivity index (χ4v) is 2.47. The molecular weight excluding hydrogens is 276 g/mol. The Labute approximate surface area is 124 Å². The van der Waals surface area contributed by atoms with Crippen molar-refractivity contribution >= 4 is 23.4 Å². The summed E-state index contributed by atoms with van der Waals surface area (Å²) in [4.78, 5) is 11.8. The summed E-state index contributed by atoms with van der Waals surface area (Å²) in [6.45, 7) is 2.25. The zero-order valence-corrected chi connectivity index (χ0v) is 12.9. The summed E-state index contributed by atoms with van der Waals surface area (Å²) in [5.41, 5.74) is -0.179. The topological polar surface area (TPSA) is 70.6 Å². The smallest absolute Gasteiger partial charge is 0.238 e. The molecule has 0 saturated carbocycles. The van der Waals surface area contributed by atoms with E-state index in [9.17, 15) is 9.90 Å². The minimum Gasteiger partial charge on any atom is -0.495 e. The maximum Gasteiger partial charge on any atom is 0.238 e. The molecule has 5 nitrogen and oxygen atoms in total. The molecule has 6 heteroatoms. The van der Waals surface area contributed by atoms with Gasteiger partial charge in [0.15, 0.2) is 0 Å². The van der Waals surface area contributed by atoms with Crippen molar-refractivity contribution in [3.8, 4) is 5.75 Å². The molecule has 1 unspecified atom stereocenters. The van der Waals surface area contributed by atoms with E-state index in [0.29, 0.717) is 23.7 Å². The van der Waals surface area contributed by atoms with Gasteiger partial charge in [-0.1, -0.05) is 12.1 Å². The van der Waals surface area contributed by atoms with Gasteiger partial charge in [-0.25, -0.2) is 0 Å². The molecule has 20 heavy (non-hydrogen) atoms. The Morgan fingerprint density at radius 2 is 2.15 bits per heavy atom. The van der Waals surface area contributed by atoms with E-state index in [1.165, 1.54) is 0 Å². The van der Waals surface area contributed by atoms with Gasteiger partial charge in [-0.3, -0.25) is 4.79 Å². The predicted molar refractivity (Wildman–Crippen MR) is 83.5 cm³/mol. The molecule has 1 aromatic rings. The fourth-order valence-electron chi connectivity index (χ4n) is 1.75. The van der Waals surface area contributed by atoms with Crippen molar-refractivity contribution in [3.63, 3.8) is 0 Å². The number of carbonyl (C=O) groups is 1. The van der Waals surface area contributed by atoms with Crippen LogP contribution in [-0.4, -0.2) is 48.8 Å². The summed E-state index contributed by atoms with van der Waals surface area (Å²) in [5.74, 6) is 1.07. The molecule has 0 aliphatic rings. The maximum atomic E-state index is 11.8. The first-order chi connectivity index (χ1) is 9.48. The van der Waals surface area contributed by atoms with Crippen LogP contribution in [0.4, 0.5) is 5.69 Å². The number of thioether (sulfide) groups is 1. The van der Waals surface area contributed by atoms with Crippen LogP contribution in [0.25, 0.3) is 0 Å². The van der Waals surface area contributed by atoms with Crippen LogP contribution in [-0.2, 0) is 4.79 Å². The molecule has 0 heterocycles. The van der Waals surface area contributed by atoms with Crippen LogP contribution in [0.3, 0.4) is 0 Å². The van der Waals surface area contributed by atoms with Crippen LogP contribution in [0.5, 0.6) is 5.75 Å². The second-order valence-electron chi connectivity index (χ2n) is 4.78. The quantitative estimate of drug-likeness (QED) is 0.675. The second-order valence-corrected chi connectivity index (χ2v) is 5.65. The largest absolute Gasteiger partial charge is 0.495 e. The van der Waals surface area contributed by atoms with E-state index in [2.05, 4.69) is 10.6 Å². The third kappa shape index (κ3) is 5.81. The van der Waals surface area contributed by atoms with Crippen molar-refractivity contribution < 1.29 is 14.6 Å². The molecule has 0 fully saturated rings. The number of anilines is 1. The van der Waals surface area contributed by atoms with Crippen LogP contribution in [0.1, 0.15) is 6.92 Å². The standard InChI is InChI=1S/C14H22N2O3S/c1-14(18,10-20-3)9-15-8-13(17)16-11-6-4-5-7-12(11)19-2/h4-7,15,18H,8-10H2,1-3H3,(H,16,17). The lowest BCUT2D eigenvalue weighted by Crippen LogP contribution is -2.42. The Morgan fingerprint density at radius 3 is 2.80 bits per heavy atom. The van der Waals surface area contributed by atoms with E-state index in [4.69, 9.17) is 4.74 Å². The first kappa shape index (κ1) is 16.8. The van der Waals surface area contributed by atoms with Gasteiger partial charge in [-0.2, -0.15) is 11.8 Å². The molecule has 0 aromatic heterocycles. The number of rotatable bonds is 8. The molecular formula is C14H22N2O3S. The van der Waals surface area contributed by atoms with Gasteiger partial charge in [0.05, 0.1) is 24.9 Å². The Bertz CT molecular complexity index is 438. The number of carbonyl (C=O) groups excluding carboxylic acids is 1. The van der Waals surface area contributed by atoms with E-state index in [1.54, 1.807) is 37.9 Å². The number of benzene rings is 1. The van der Waals surface area contributed by atoms with Crippen LogP contribution >= 0.6 is 11.8 Å². The molecule has 0 radical (unpaired) electrons. The predicted octanol–water partition coefficient (Wildman–Crippen LogP) is 1.34. The lowest BCUT2D eigenvalue weighted by Gasteiger charge is -2.22. The molecule has 1 aromatic carbocycles. The molecule has 0 saturated heterocycles. The van der Waals surface area contributed by atoms with Gasteiger partial charge in [0.25, 0.3) is 0 Å². The van der Waals surface area contributed by atoms with Gasteiger partial charge in [0, 0.05) is 12.3 Å². The van der Waals surface area contributed by atoms with Crippen LogP contribution in [0.2, 0.25) is 0 Å². The molecule has 3 N–H and O–H groups in total. The van der Waals surface area contributed by atoms with Crippen molar-refractivity contribution in [3.05, 3.63) is 24.3 Å². The SMILES string of the molecule is COc1ccccc1NC(=O)CNCC(C)(O)CSC. The number of hydrogen-bond acceptors (Lipinski definition) is 5. The van der Waals surface area contributed by atoms with E-state index >= 15 is 0 Å². The van der Waals surface area contributed by atoms with E-state index in [1.807, 2.05) is 18.4 Å². The summed E-state index contributed by atoms with van der Waals surface area (Å²) >= 11 is 1.57. The summed E-state index contributed by atoms with van der Waals surface area (Å²) in [6, 6.07) is 7.23. The average Bonchev–Trinajstić information content (AvgIpc) is 2.39. The van der Waals surface area contributed by atoms with Crippen LogP contribution in [0, 0.1) is 0 Å². The van der Waals surface area contributed by atoms with Crippen molar-refractivity contribution in [1.29, 1.82) is 0 Å². The number of hydrogen-bond donors (Lipinski definition) is 3. The Balaban J connectivity index is 2.41. The highest BCUT2D eigenvalue weighted by atomic mass is 32.2. The van der Waals surface area contributed by atoms with Gasteiger partial charge in [0.1, 0.15) is 5.75 Å². The zero-order valence-electron chi connectivity index (χ0n) is 12.1.